The van der Waals surface area contributed by atoms with Gasteiger partial charge in [-0.25, -0.2) is 0 Å². The lowest BCUT2D eigenvalue weighted by molar-refractivity contribution is -0.174. The van der Waals surface area contributed by atoms with Gasteiger partial charge in [-0.2, -0.15) is 0 Å². The van der Waals surface area contributed by atoms with Gasteiger partial charge in [-0.05, 0) is 120 Å². The van der Waals surface area contributed by atoms with Crippen molar-refractivity contribution in [3.63, 3.8) is 0 Å². The number of hydrogen-bond donors (Lipinski definition) is 0. The van der Waals surface area contributed by atoms with Gasteiger partial charge in [0.2, 0.25) is 0 Å². The molecule has 1 saturated heterocycles. The second-order valence-electron chi connectivity index (χ2n) is 15.2. The van der Waals surface area contributed by atoms with Crippen molar-refractivity contribution in [2.45, 2.75) is 142 Å². The second kappa shape index (κ2) is 16.0. The third-order valence-corrected chi connectivity index (χ3v) is 11.4. The van der Waals surface area contributed by atoms with Gasteiger partial charge >= 0.3 is 23.9 Å². The molecule has 8 nitrogen and oxygen atoms in total. The highest BCUT2D eigenvalue weighted by Gasteiger charge is 2.62. The SMILES string of the molecule is C.C.C.C.C.C.CC(OCCOC(=O)C12CC3CC(CC(C3)C1)C2)C1C(=O)OC(=O)C1C1C2CC(C(=O)OC(C)(C)C)C(C2)C1C. The van der Waals surface area contributed by atoms with Crippen molar-refractivity contribution in [1.82, 2.24) is 0 Å². The minimum Gasteiger partial charge on any atom is -0.463 e. The van der Waals surface area contributed by atoms with E-state index in [1.165, 1.54) is 19.3 Å². The van der Waals surface area contributed by atoms with Gasteiger partial charge in [0, 0.05) is 0 Å². The molecule has 8 heteroatoms. The molecule has 7 fully saturated rings. The molecule has 6 aliphatic carbocycles. The van der Waals surface area contributed by atoms with Crippen LogP contribution in [0.5, 0.6) is 0 Å². The van der Waals surface area contributed by atoms with Crippen LogP contribution in [0.3, 0.4) is 0 Å². The molecule has 0 aromatic carbocycles. The Morgan fingerprint density at radius 1 is 0.848 bits per heavy atom. The van der Waals surface area contributed by atoms with Gasteiger partial charge in [-0.1, -0.05) is 51.5 Å². The lowest BCUT2D eigenvalue weighted by atomic mass is 9.49. The first-order valence-corrected chi connectivity index (χ1v) is 15.6. The van der Waals surface area contributed by atoms with E-state index in [-0.39, 0.29) is 105 Å². The topological polar surface area (TPSA) is 105 Å². The summed E-state index contributed by atoms with van der Waals surface area (Å²) >= 11 is 0. The Morgan fingerprint density at radius 2 is 1.39 bits per heavy atom. The molecule has 0 aromatic rings. The molecule has 8 atom stereocenters. The molecule has 270 valence electrons. The highest BCUT2D eigenvalue weighted by molar-refractivity contribution is 5.97. The zero-order valence-corrected chi connectivity index (χ0v) is 24.7. The number of carbonyl (C=O) groups excluding carboxylic acids is 4. The Bertz CT molecular complexity index is 1020. The molecule has 0 spiro atoms. The van der Waals surface area contributed by atoms with Crippen LogP contribution >= 0.6 is 0 Å². The first-order valence-electron chi connectivity index (χ1n) is 15.6. The monoisotopic (exact) mass is 655 g/mol. The van der Waals surface area contributed by atoms with Crippen LogP contribution in [0.15, 0.2) is 0 Å². The third kappa shape index (κ3) is 7.84. The van der Waals surface area contributed by atoms with Gasteiger partial charge in [0.05, 0.1) is 35.9 Å². The Labute approximate surface area is 281 Å². The van der Waals surface area contributed by atoms with E-state index in [1.54, 1.807) is 6.92 Å². The quantitative estimate of drug-likeness (QED) is 0.111. The smallest absolute Gasteiger partial charge is 0.320 e. The van der Waals surface area contributed by atoms with Crippen LogP contribution in [-0.2, 0) is 38.1 Å². The van der Waals surface area contributed by atoms with E-state index in [0.29, 0.717) is 24.2 Å². The predicted octanol–water partition coefficient (Wildman–Crippen LogP) is 8.53. The van der Waals surface area contributed by atoms with E-state index in [0.717, 1.165) is 25.7 Å². The molecule has 1 heterocycles. The van der Waals surface area contributed by atoms with E-state index in [9.17, 15) is 19.2 Å². The van der Waals surface area contributed by atoms with Gasteiger partial charge < -0.3 is 18.9 Å². The Morgan fingerprint density at radius 3 is 1.89 bits per heavy atom. The summed E-state index contributed by atoms with van der Waals surface area (Å²) in [7, 11) is 0. The van der Waals surface area contributed by atoms with Gasteiger partial charge in [0.25, 0.3) is 0 Å². The van der Waals surface area contributed by atoms with Crippen LogP contribution in [0.1, 0.15) is 131 Å². The number of rotatable bonds is 8. The van der Waals surface area contributed by atoms with Crippen molar-refractivity contribution < 1.29 is 38.1 Å². The number of esters is 4. The molecular formula is C38H70O8. The van der Waals surface area contributed by atoms with Crippen molar-refractivity contribution in [2.24, 2.45) is 64.6 Å². The molecule has 6 bridgehead atoms. The average Bonchev–Trinajstić information content (AvgIpc) is 3.50. The minimum atomic E-state index is -0.696. The first kappa shape index (κ1) is 44.0. The number of fused-ring (bicyclic) bond motifs is 2. The molecule has 1 aliphatic heterocycles. The molecule has 7 rings (SSSR count). The van der Waals surface area contributed by atoms with Crippen LogP contribution in [0.4, 0.5) is 0 Å². The van der Waals surface area contributed by atoms with Gasteiger partial charge in [0.15, 0.2) is 0 Å². The largest absolute Gasteiger partial charge is 0.463 e. The summed E-state index contributed by atoms with van der Waals surface area (Å²) in [6, 6.07) is 0. The molecule has 0 aromatic heterocycles. The summed E-state index contributed by atoms with van der Waals surface area (Å²) in [4.78, 5) is 51.8. The Balaban J connectivity index is 0.00000337. The van der Waals surface area contributed by atoms with Crippen molar-refractivity contribution in [2.75, 3.05) is 13.2 Å². The minimum absolute atomic E-state index is 0. The highest BCUT2D eigenvalue weighted by Crippen LogP contribution is 2.61. The van der Waals surface area contributed by atoms with Crippen LogP contribution in [0.25, 0.3) is 0 Å². The summed E-state index contributed by atoms with van der Waals surface area (Å²) in [5, 5.41) is 0. The van der Waals surface area contributed by atoms with E-state index in [4.69, 9.17) is 18.9 Å². The normalized spacial score (nSPS) is 38.4. The average molecular weight is 655 g/mol. The van der Waals surface area contributed by atoms with Gasteiger partial charge in [-0.15, -0.1) is 0 Å². The fourth-order valence-corrected chi connectivity index (χ4v) is 10.4. The fraction of sp³-hybridized carbons (Fsp3) is 0.895. The lowest BCUT2D eigenvalue weighted by Gasteiger charge is -2.55. The summed E-state index contributed by atoms with van der Waals surface area (Å²) in [5.41, 5.74) is -0.840. The fourth-order valence-electron chi connectivity index (χ4n) is 10.4. The maximum atomic E-state index is 13.1. The maximum absolute atomic E-state index is 13.1. The van der Waals surface area contributed by atoms with E-state index in [1.807, 2.05) is 20.8 Å². The summed E-state index contributed by atoms with van der Waals surface area (Å²) in [6.07, 6.45) is 7.68. The molecular weight excluding hydrogens is 584 g/mol. The first-order chi connectivity index (χ1) is 18.8. The maximum Gasteiger partial charge on any atom is 0.320 e. The number of hydrogen-bond acceptors (Lipinski definition) is 8. The van der Waals surface area contributed by atoms with Crippen LogP contribution in [0, 0.1) is 64.6 Å². The van der Waals surface area contributed by atoms with Crippen molar-refractivity contribution in [3.05, 3.63) is 0 Å². The number of ether oxygens (including phenoxy) is 4. The lowest BCUT2D eigenvalue weighted by Crippen LogP contribution is -2.50. The summed E-state index contributed by atoms with van der Waals surface area (Å²) in [5.74, 6) is -0.322. The molecule has 8 unspecified atom stereocenters. The van der Waals surface area contributed by atoms with Crippen LogP contribution < -0.4 is 0 Å². The molecule has 0 radical (unpaired) electrons. The van der Waals surface area contributed by atoms with E-state index in [2.05, 4.69) is 6.92 Å². The molecule has 0 amide bonds. The van der Waals surface area contributed by atoms with Gasteiger partial charge in [0.1, 0.15) is 12.2 Å². The highest BCUT2D eigenvalue weighted by atomic mass is 16.6. The van der Waals surface area contributed by atoms with E-state index < -0.39 is 35.5 Å². The zero-order chi connectivity index (χ0) is 28.6. The molecule has 6 saturated carbocycles. The summed E-state index contributed by atoms with van der Waals surface area (Å²) in [6.45, 7) is 9.85. The van der Waals surface area contributed by atoms with Crippen molar-refractivity contribution in [1.29, 1.82) is 0 Å². The molecule has 46 heavy (non-hydrogen) atoms. The number of carbonyl (C=O) groups is 4. The van der Waals surface area contributed by atoms with Gasteiger partial charge in [-0.3, -0.25) is 19.2 Å². The van der Waals surface area contributed by atoms with Crippen molar-refractivity contribution in [3.8, 4) is 0 Å². The van der Waals surface area contributed by atoms with Crippen molar-refractivity contribution >= 4 is 23.9 Å². The standard InChI is InChI=1S/C32H46O8.6CH4/c1-16-22-11-21(12-23(22)27(33)40-31(3,4)5)24(16)26-25(28(34)39-29(26)35)17(2)37-6-7-38-30(36)32-13-18-8-19(14-32)10-20(9-18)15-32;;;;;;/h16-26H,6-15H2,1-5H3;6*1H4. The van der Waals surface area contributed by atoms with Crippen LogP contribution in [0.2, 0.25) is 0 Å². The summed E-state index contributed by atoms with van der Waals surface area (Å²) < 4.78 is 22.6. The Hall–Kier alpha value is -1.96. The Kier molecular flexibility index (Phi) is 15.3. The van der Waals surface area contributed by atoms with E-state index >= 15 is 0 Å². The van der Waals surface area contributed by atoms with Crippen LogP contribution in [-0.4, -0.2) is 48.8 Å². The second-order valence-corrected chi connectivity index (χ2v) is 15.2. The predicted molar refractivity (Wildman–Crippen MR) is 184 cm³/mol. The molecule has 0 N–H and O–H groups in total. The molecule has 7 aliphatic rings. The number of cyclic esters (lactones) is 2. The third-order valence-electron chi connectivity index (χ3n) is 11.4. The zero-order valence-electron chi connectivity index (χ0n) is 24.7.